The van der Waals surface area contributed by atoms with E-state index in [1.165, 1.54) is 11.1 Å². The third-order valence-corrected chi connectivity index (χ3v) is 5.81. The fraction of sp³-hybridized carbons (Fsp3) is 0.571. The predicted octanol–water partition coefficient (Wildman–Crippen LogP) is 3.06. The lowest BCUT2D eigenvalue weighted by atomic mass is 9.96. The summed E-state index contributed by atoms with van der Waals surface area (Å²) >= 11 is 0. The zero-order valence-corrected chi connectivity index (χ0v) is 16.2. The zero-order valence-electron chi connectivity index (χ0n) is 16.2. The first-order chi connectivity index (χ1) is 13.1. The molecule has 2 aliphatic rings. The monoisotopic (exact) mass is 368 g/mol. The van der Waals surface area contributed by atoms with Gasteiger partial charge in [-0.2, -0.15) is 0 Å². The predicted molar refractivity (Wildman–Crippen MR) is 102 cm³/mol. The van der Waals surface area contributed by atoms with E-state index in [2.05, 4.69) is 46.3 Å². The Bertz CT molecular complexity index is 795. The van der Waals surface area contributed by atoms with Crippen molar-refractivity contribution in [2.75, 3.05) is 19.6 Å². The number of nitrogens with zero attached hydrogens (tertiary/aromatic N) is 4. The van der Waals surface area contributed by atoms with Crippen molar-refractivity contribution >= 4 is 5.91 Å². The van der Waals surface area contributed by atoms with E-state index in [-0.39, 0.29) is 12.0 Å². The van der Waals surface area contributed by atoms with Gasteiger partial charge in [-0.05, 0) is 44.7 Å². The van der Waals surface area contributed by atoms with Crippen LogP contribution in [0.25, 0.3) is 0 Å². The second-order valence-electron chi connectivity index (χ2n) is 7.88. The molecule has 1 aromatic carbocycles. The number of benzene rings is 1. The molecule has 2 aromatic rings. The standard InChI is InChI=1S/C21H28N4O2/c1-15-5-3-6-17(13-15)14-25-10-4-7-19(25)21(26)24-11-8-18(9-12-24)20-23-22-16(2)27-20/h3,5-6,13,18-19H,4,7-12,14H2,1-2H3. The van der Waals surface area contributed by atoms with E-state index in [0.29, 0.717) is 11.8 Å². The van der Waals surface area contributed by atoms with Gasteiger partial charge in [0.15, 0.2) is 0 Å². The maximum Gasteiger partial charge on any atom is 0.239 e. The van der Waals surface area contributed by atoms with Gasteiger partial charge in [-0.3, -0.25) is 9.69 Å². The minimum Gasteiger partial charge on any atom is -0.425 e. The van der Waals surface area contributed by atoms with Crippen molar-refractivity contribution in [1.82, 2.24) is 20.0 Å². The van der Waals surface area contributed by atoms with Crippen LogP contribution in [0.4, 0.5) is 0 Å². The number of piperidine rings is 1. The molecule has 1 atom stereocenters. The van der Waals surface area contributed by atoms with Gasteiger partial charge >= 0.3 is 0 Å². The van der Waals surface area contributed by atoms with Gasteiger partial charge in [-0.1, -0.05) is 29.8 Å². The van der Waals surface area contributed by atoms with Crippen molar-refractivity contribution in [3.63, 3.8) is 0 Å². The number of carbonyl (C=O) groups is 1. The fourth-order valence-electron chi connectivity index (χ4n) is 4.37. The molecule has 3 heterocycles. The van der Waals surface area contributed by atoms with Crippen LogP contribution in [0.15, 0.2) is 28.7 Å². The highest BCUT2D eigenvalue weighted by molar-refractivity contribution is 5.82. The number of hydrogen-bond acceptors (Lipinski definition) is 5. The summed E-state index contributed by atoms with van der Waals surface area (Å²) in [6.07, 6.45) is 3.86. The number of aromatic nitrogens is 2. The Hall–Kier alpha value is -2.21. The lowest BCUT2D eigenvalue weighted by molar-refractivity contribution is -0.137. The molecule has 0 N–H and O–H groups in total. The van der Waals surface area contributed by atoms with Crippen LogP contribution in [-0.4, -0.2) is 51.6 Å². The molecule has 27 heavy (non-hydrogen) atoms. The van der Waals surface area contributed by atoms with Gasteiger partial charge in [-0.25, -0.2) is 0 Å². The summed E-state index contributed by atoms with van der Waals surface area (Å²) in [6, 6.07) is 8.61. The van der Waals surface area contributed by atoms with Crippen LogP contribution in [0.2, 0.25) is 0 Å². The molecule has 4 rings (SSSR count). The number of likely N-dealkylation sites (tertiary alicyclic amines) is 2. The van der Waals surface area contributed by atoms with Crippen LogP contribution in [0.5, 0.6) is 0 Å². The highest BCUT2D eigenvalue weighted by atomic mass is 16.4. The van der Waals surface area contributed by atoms with Crippen LogP contribution in [0.1, 0.15) is 54.5 Å². The number of hydrogen-bond donors (Lipinski definition) is 0. The van der Waals surface area contributed by atoms with Gasteiger partial charge in [0.2, 0.25) is 17.7 Å². The Balaban J connectivity index is 1.36. The quantitative estimate of drug-likeness (QED) is 0.830. The summed E-state index contributed by atoms with van der Waals surface area (Å²) in [6.45, 7) is 7.35. The maximum absolute atomic E-state index is 13.1. The highest BCUT2D eigenvalue weighted by Gasteiger charge is 2.35. The molecule has 6 heteroatoms. The molecule has 2 fully saturated rings. The summed E-state index contributed by atoms with van der Waals surface area (Å²) in [5.74, 6) is 1.91. The highest BCUT2D eigenvalue weighted by Crippen LogP contribution is 2.29. The fourth-order valence-corrected chi connectivity index (χ4v) is 4.37. The second-order valence-corrected chi connectivity index (χ2v) is 7.88. The molecule has 0 spiro atoms. The van der Waals surface area contributed by atoms with Crippen molar-refractivity contribution in [3.8, 4) is 0 Å². The average molecular weight is 368 g/mol. The lowest BCUT2D eigenvalue weighted by Crippen LogP contribution is -2.48. The first-order valence-corrected chi connectivity index (χ1v) is 9.98. The molecule has 0 radical (unpaired) electrons. The first-order valence-electron chi connectivity index (χ1n) is 9.98. The molecule has 144 valence electrons. The van der Waals surface area contributed by atoms with Crippen LogP contribution in [0, 0.1) is 13.8 Å². The molecule has 2 aliphatic heterocycles. The van der Waals surface area contributed by atoms with E-state index < -0.39 is 0 Å². The lowest BCUT2D eigenvalue weighted by Gasteiger charge is -2.34. The number of aryl methyl sites for hydroxylation is 2. The molecule has 1 aromatic heterocycles. The van der Waals surface area contributed by atoms with Gasteiger partial charge in [0, 0.05) is 32.5 Å². The summed E-state index contributed by atoms with van der Waals surface area (Å²) < 4.78 is 5.58. The van der Waals surface area contributed by atoms with Crippen molar-refractivity contribution < 1.29 is 9.21 Å². The largest absolute Gasteiger partial charge is 0.425 e. The number of carbonyl (C=O) groups excluding carboxylic acids is 1. The smallest absolute Gasteiger partial charge is 0.239 e. The van der Waals surface area contributed by atoms with Crippen molar-refractivity contribution in [1.29, 1.82) is 0 Å². The molecule has 1 unspecified atom stereocenters. The Morgan fingerprint density at radius 1 is 1.15 bits per heavy atom. The minimum absolute atomic E-state index is 0.0210. The average Bonchev–Trinajstić information content (AvgIpc) is 3.30. The van der Waals surface area contributed by atoms with Crippen LogP contribution >= 0.6 is 0 Å². The Labute approximate surface area is 160 Å². The Kier molecular flexibility index (Phi) is 5.25. The van der Waals surface area contributed by atoms with Crippen molar-refractivity contribution in [2.45, 2.75) is 58.0 Å². The topological polar surface area (TPSA) is 62.5 Å². The number of amides is 1. The third kappa shape index (κ3) is 4.05. The van der Waals surface area contributed by atoms with Gasteiger partial charge in [0.1, 0.15) is 0 Å². The van der Waals surface area contributed by atoms with Crippen LogP contribution < -0.4 is 0 Å². The molecule has 0 bridgehead atoms. The first kappa shape index (κ1) is 18.2. The Morgan fingerprint density at radius 3 is 2.67 bits per heavy atom. The molecule has 0 saturated carbocycles. The summed E-state index contributed by atoms with van der Waals surface area (Å²) in [7, 11) is 0. The van der Waals surface area contributed by atoms with Crippen molar-refractivity contribution in [2.24, 2.45) is 0 Å². The SMILES string of the molecule is Cc1cccc(CN2CCCC2C(=O)N2CCC(c3nnc(C)o3)CC2)c1. The molecule has 6 nitrogen and oxygen atoms in total. The maximum atomic E-state index is 13.1. The summed E-state index contributed by atoms with van der Waals surface area (Å²) in [5.41, 5.74) is 2.56. The minimum atomic E-state index is 0.0210. The van der Waals surface area contributed by atoms with Crippen LogP contribution in [-0.2, 0) is 11.3 Å². The van der Waals surface area contributed by atoms with Crippen LogP contribution in [0.3, 0.4) is 0 Å². The molecule has 0 aliphatic carbocycles. The second kappa shape index (κ2) is 7.80. The Morgan fingerprint density at radius 2 is 1.96 bits per heavy atom. The zero-order chi connectivity index (χ0) is 18.8. The van der Waals surface area contributed by atoms with Gasteiger partial charge in [0.05, 0.1) is 6.04 Å². The van der Waals surface area contributed by atoms with Gasteiger partial charge < -0.3 is 9.32 Å². The van der Waals surface area contributed by atoms with E-state index >= 15 is 0 Å². The number of rotatable bonds is 4. The molecular weight excluding hydrogens is 340 g/mol. The molecule has 2 saturated heterocycles. The van der Waals surface area contributed by atoms with Gasteiger partial charge in [-0.15, -0.1) is 10.2 Å². The van der Waals surface area contributed by atoms with Crippen molar-refractivity contribution in [3.05, 3.63) is 47.2 Å². The molecular formula is C21H28N4O2. The van der Waals surface area contributed by atoms with E-state index in [9.17, 15) is 4.79 Å². The van der Waals surface area contributed by atoms with Gasteiger partial charge in [0.25, 0.3) is 0 Å². The normalized spacial score (nSPS) is 21.7. The van der Waals surface area contributed by atoms with E-state index in [4.69, 9.17) is 4.42 Å². The third-order valence-electron chi connectivity index (χ3n) is 5.81. The van der Waals surface area contributed by atoms with E-state index in [1.807, 2.05) is 11.8 Å². The summed E-state index contributed by atoms with van der Waals surface area (Å²) in [5, 5.41) is 8.09. The van der Waals surface area contributed by atoms with E-state index in [0.717, 1.165) is 57.8 Å². The summed E-state index contributed by atoms with van der Waals surface area (Å²) in [4.78, 5) is 17.5. The molecule has 1 amide bonds. The van der Waals surface area contributed by atoms with E-state index in [1.54, 1.807) is 0 Å².